The summed E-state index contributed by atoms with van der Waals surface area (Å²) in [5, 5.41) is 12.8. The molecule has 2 rings (SSSR count). The third-order valence-corrected chi connectivity index (χ3v) is 2.25. The number of aliphatic hydroxyl groups is 1. The Kier molecular flexibility index (Phi) is 2.79. The maximum absolute atomic E-state index is 8.85. The Morgan fingerprint density at radius 2 is 2.14 bits per heavy atom. The summed E-state index contributed by atoms with van der Waals surface area (Å²) in [6.45, 7) is 0.0434. The summed E-state index contributed by atoms with van der Waals surface area (Å²) in [6.07, 6.45) is 1.43. The highest BCUT2D eigenvalue weighted by Crippen LogP contribution is 2.13. The minimum absolute atomic E-state index is 0.0434. The minimum atomic E-state index is -0.131. The molecule has 3 nitrogen and oxygen atoms in total. The fourth-order valence-corrected chi connectivity index (χ4v) is 1.52. The van der Waals surface area contributed by atoms with Gasteiger partial charge in [-0.1, -0.05) is 35.5 Å². The standard InChI is InChI=1S/C11H13NO2/c13-8-11-7-10(12-14-11)6-9-4-2-1-3-5-9/h1-5,11,13H,6-8H2/t11-/m0/s1. The monoisotopic (exact) mass is 191 g/mol. The molecule has 14 heavy (non-hydrogen) atoms. The first-order valence-corrected chi connectivity index (χ1v) is 4.75. The average Bonchev–Trinajstić information content (AvgIpc) is 2.67. The Hall–Kier alpha value is -1.35. The number of aliphatic hydroxyl groups excluding tert-OH is 1. The zero-order valence-corrected chi connectivity index (χ0v) is 7.89. The molecule has 0 spiro atoms. The summed E-state index contributed by atoms with van der Waals surface area (Å²) in [4.78, 5) is 5.02. The molecule has 0 unspecified atom stereocenters. The molecule has 0 radical (unpaired) electrons. The van der Waals surface area contributed by atoms with E-state index in [-0.39, 0.29) is 12.7 Å². The van der Waals surface area contributed by atoms with Gasteiger partial charge in [0.1, 0.15) is 0 Å². The number of rotatable bonds is 3. The average molecular weight is 191 g/mol. The Bertz CT molecular complexity index is 321. The fraction of sp³-hybridized carbons (Fsp3) is 0.364. The molecule has 1 atom stereocenters. The zero-order valence-electron chi connectivity index (χ0n) is 7.89. The quantitative estimate of drug-likeness (QED) is 0.784. The van der Waals surface area contributed by atoms with E-state index in [9.17, 15) is 0 Å². The van der Waals surface area contributed by atoms with E-state index in [1.807, 2.05) is 18.2 Å². The second-order valence-electron chi connectivity index (χ2n) is 3.43. The van der Waals surface area contributed by atoms with E-state index in [1.54, 1.807) is 0 Å². The first kappa shape index (κ1) is 9.21. The van der Waals surface area contributed by atoms with Gasteiger partial charge < -0.3 is 9.94 Å². The number of oxime groups is 1. The smallest absolute Gasteiger partial charge is 0.155 e. The molecule has 0 bridgehead atoms. The molecular weight excluding hydrogens is 178 g/mol. The lowest BCUT2D eigenvalue weighted by molar-refractivity contribution is 0.0390. The van der Waals surface area contributed by atoms with Crippen molar-refractivity contribution in [2.45, 2.75) is 18.9 Å². The molecule has 1 N–H and O–H groups in total. The molecule has 0 aliphatic carbocycles. The van der Waals surface area contributed by atoms with Gasteiger partial charge in [0, 0.05) is 12.8 Å². The number of hydrogen-bond donors (Lipinski definition) is 1. The molecule has 0 saturated carbocycles. The van der Waals surface area contributed by atoms with Crippen molar-refractivity contribution in [3.05, 3.63) is 35.9 Å². The Balaban J connectivity index is 1.94. The highest BCUT2D eigenvalue weighted by Gasteiger charge is 2.19. The van der Waals surface area contributed by atoms with Gasteiger partial charge in [-0.05, 0) is 5.56 Å². The van der Waals surface area contributed by atoms with Crippen molar-refractivity contribution in [2.24, 2.45) is 5.16 Å². The SMILES string of the molecule is OC[C@@H]1CC(Cc2ccccc2)=NO1. The van der Waals surface area contributed by atoms with Crippen LogP contribution in [0, 0.1) is 0 Å². The molecule has 1 aromatic carbocycles. The van der Waals surface area contributed by atoms with Gasteiger partial charge in [0.15, 0.2) is 6.10 Å². The number of nitrogens with zero attached hydrogens (tertiary/aromatic N) is 1. The van der Waals surface area contributed by atoms with E-state index in [2.05, 4.69) is 17.3 Å². The van der Waals surface area contributed by atoms with Gasteiger partial charge >= 0.3 is 0 Å². The van der Waals surface area contributed by atoms with Crippen molar-refractivity contribution >= 4 is 5.71 Å². The second kappa shape index (κ2) is 4.24. The van der Waals surface area contributed by atoms with Crippen LogP contribution in [0.1, 0.15) is 12.0 Å². The van der Waals surface area contributed by atoms with Gasteiger partial charge in [-0.2, -0.15) is 0 Å². The zero-order chi connectivity index (χ0) is 9.80. The van der Waals surface area contributed by atoms with E-state index in [1.165, 1.54) is 5.56 Å². The van der Waals surface area contributed by atoms with Crippen molar-refractivity contribution < 1.29 is 9.94 Å². The van der Waals surface area contributed by atoms with Crippen molar-refractivity contribution in [1.82, 2.24) is 0 Å². The Labute approximate surface area is 83.0 Å². The van der Waals surface area contributed by atoms with E-state index in [0.29, 0.717) is 0 Å². The van der Waals surface area contributed by atoms with E-state index in [0.717, 1.165) is 18.6 Å². The first-order chi connectivity index (χ1) is 6.88. The lowest BCUT2D eigenvalue weighted by Crippen LogP contribution is -2.13. The normalized spacial score (nSPS) is 20.4. The summed E-state index contributed by atoms with van der Waals surface area (Å²) in [6, 6.07) is 10.1. The summed E-state index contributed by atoms with van der Waals surface area (Å²) < 4.78 is 0. The van der Waals surface area contributed by atoms with Crippen LogP contribution in [0.15, 0.2) is 35.5 Å². The summed E-state index contributed by atoms with van der Waals surface area (Å²) >= 11 is 0. The van der Waals surface area contributed by atoms with Crippen LogP contribution in [0.3, 0.4) is 0 Å². The van der Waals surface area contributed by atoms with Crippen LogP contribution in [0.25, 0.3) is 0 Å². The first-order valence-electron chi connectivity index (χ1n) is 4.75. The Morgan fingerprint density at radius 3 is 2.79 bits per heavy atom. The summed E-state index contributed by atoms with van der Waals surface area (Å²) in [5.41, 5.74) is 2.24. The maximum atomic E-state index is 8.85. The molecule has 1 aliphatic rings. The molecule has 0 aromatic heterocycles. The van der Waals surface area contributed by atoms with Crippen LogP contribution in [-0.2, 0) is 11.3 Å². The van der Waals surface area contributed by atoms with Crippen LogP contribution >= 0.6 is 0 Å². The highest BCUT2D eigenvalue weighted by molar-refractivity contribution is 5.87. The van der Waals surface area contributed by atoms with E-state index in [4.69, 9.17) is 9.94 Å². The van der Waals surface area contributed by atoms with Crippen molar-refractivity contribution in [3.63, 3.8) is 0 Å². The summed E-state index contributed by atoms with van der Waals surface area (Å²) in [5.74, 6) is 0. The van der Waals surface area contributed by atoms with Crippen LogP contribution in [-0.4, -0.2) is 23.5 Å². The van der Waals surface area contributed by atoms with Gasteiger partial charge in [0.2, 0.25) is 0 Å². The predicted octanol–water partition coefficient (Wildman–Crippen LogP) is 1.37. The molecule has 0 fully saturated rings. The van der Waals surface area contributed by atoms with Crippen LogP contribution in [0.4, 0.5) is 0 Å². The number of hydrogen-bond acceptors (Lipinski definition) is 3. The van der Waals surface area contributed by atoms with Crippen LogP contribution in [0.2, 0.25) is 0 Å². The maximum Gasteiger partial charge on any atom is 0.155 e. The predicted molar refractivity (Wildman–Crippen MR) is 54.2 cm³/mol. The molecule has 1 heterocycles. The van der Waals surface area contributed by atoms with Gasteiger partial charge in [-0.25, -0.2) is 0 Å². The number of benzene rings is 1. The minimum Gasteiger partial charge on any atom is -0.392 e. The van der Waals surface area contributed by atoms with Crippen LogP contribution < -0.4 is 0 Å². The lowest BCUT2D eigenvalue weighted by Gasteiger charge is -2.01. The Morgan fingerprint density at radius 1 is 1.36 bits per heavy atom. The van der Waals surface area contributed by atoms with Crippen molar-refractivity contribution in [3.8, 4) is 0 Å². The molecule has 1 aromatic rings. The molecule has 3 heteroatoms. The second-order valence-corrected chi connectivity index (χ2v) is 3.43. The third-order valence-electron chi connectivity index (χ3n) is 2.25. The van der Waals surface area contributed by atoms with Crippen molar-refractivity contribution in [2.75, 3.05) is 6.61 Å². The third kappa shape index (κ3) is 2.12. The molecule has 1 aliphatic heterocycles. The van der Waals surface area contributed by atoms with Gasteiger partial charge in [-0.3, -0.25) is 0 Å². The van der Waals surface area contributed by atoms with E-state index >= 15 is 0 Å². The lowest BCUT2D eigenvalue weighted by atomic mass is 10.1. The highest BCUT2D eigenvalue weighted by atomic mass is 16.6. The largest absolute Gasteiger partial charge is 0.392 e. The van der Waals surface area contributed by atoms with E-state index < -0.39 is 0 Å². The van der Waals surface area contributed by atoms with Gasteiger partial charge in [0.25, 0.3) is 0 Å². The fourth-order valence-electron chi connectivity index (χ4n) is 1.52. The van der Waals surface area contributed by atoms with Crippen LogP contribution in [0.5, 0.6) is 0 Å². The summed E-state index contributed by atoms with van der Waals surface area (Å²) in [7, 11) is 0. The molecule has 0 amide bonds. The molecule has 0 saturated heterocycles. The van der Waals surface area contributed by atoms with Crippen molar-refractivity contribution in [1.29, 1.82) is 0 Å². The topological polar surface area (TPSA) is 41.8 Å². The van der Waals surface area contributed by atoms with Gasteiger partial charge in [0.05, 0.1) is 12.3 Å². The molecule has 74 valence electrons. The molecular formula is C11H13NO2. The van der Waals surface area contributed by atoms with Gasteiger partial charge in [-0.15, -0.1) is 0 Å².